The Balaban J connectivity index is 1.68. The first kappa shape index (κ1) is 23.4. The van der Waals surface area contributed by atoms with Crippen molar-refractivity contribution in [1.82, 2.24) is 10.6 Å². The summed E-state index contributed by atoms with van der Waals surface area (Å²) in [6.45, 7) is 0.522. The molecule has 0 aliphatic rings. The zero-order valence-electron chi connectivity index (χ0n) is 17.0. The van der Waals surface area contributed by atoms with Crippen molar-refractivity contribution in [3.63, 3.8) is 0 Å². The molecule has 0 saturated carbocycles. The molecule has 2 amide bonds. The van der Waals surface area contributed by atoms with E-state index < -0.39 is 12.0 Å². The molecule has 2 N–H and O–H groups in total. The second-order valence-corrected chi connectivity index (χ2v) is 7.35. The second kappa shape index (κ2) is 12.6. The number of methoxy groups -OCH3 is 1. The first-order valence-electron chi connectivity index (χ1n) is 9.90. The molecule has 2 rings (SSSR count). The van der Waals surface area contributed by atoms with Crippen LogP contribution in [0.5, 0.6) is 0 Å². The monoisotopic (exact) mass is 430 g/mol. The van der Waals surface area contributed by atoms with Crippen LogP contribution in [0.1, 0.15) is 30.4 Å². The summed E-state index contributed by atoms with van der Waals surface area (Å²) in [5.41, 5.74) is 2.01. The summed E-state index contributed by atoms with van der Waals surface area (Å²) in [7, 11) is 1.29. The van der Waals surface area contributed by atoms with Gasteiger partial charge < -0.3 is 15.4 Å². The Bertz CT molecular complexity index is 825. The Morgan fingerprint density at radius 2 is 1.60 bits per heavy atom. The van der Waals surface area contributed by atoms with Crippen LogP contribution in [0.2, 0.25) is 5.02 Å². The summed E-state index contributed by atoms with van der Waals surface area (Å²) in [5, 5.41) is 6.23. The first-order valence-corrected chi connectivity index (χ1v) is 10.3. The zero-order valence-corrected chi connectivity index (χ0v) is 17.8. The number of ether oxygens (including phenoxy) is 1. The van der Waals surface area contributed by atoms with Gasteiger partial charge in [0, 0.05) is 30.8 Å². The highest BCUT2D eigenvalue weighted by Gasteiger charge is 2.21. The summed E-state index contributed by atoms with van der Waals surface area (Å²) in [4.78, 5) is 36.1. The Kier molecular flexibility index (Phi) is 9.87. The van der Waals surface area contributed by atoms with Crippen LogP contribution in [0.3, 0.4) is 0 Å². The average molecular weight is 431 g/mol. The van der Waals surface area contributed by atoms with Gasteiger partial charge in [-0.2, -0.15) is 0 Å². The van der Waals surface area contributed by atoms with E-state index in [2.05, 4.69) is 10.6 Å². The molecule has 0 unspecified atom stereocenters. The number of hydrogen-bond donors (Lipinski definition) is 2. The number of benzene rings is 2. The van der Waals surface area contributed by atoms with E-state index in [9.17, 15) is 14.4 Å². The summed E-state index contributed by atoms with van der Waals surface area (Å²) in [6, 6.07) is 16.1. The molecular formula is C23H27ClN2O4. The number of carbonyl (C=O) groups is 3. The van der Waals surface area contributed by atoms with Gasteiger partial charge in [-0.15, -0.1) is 0 Å². The molecule has 2 aromatic rings. The van der Waals surface area contributed by atoms with Crippen molar-refractivity contribution in [2.45, 2.75) is 38.1 Å². The van der Waals surface area contributed by atoms with E-state index >= 15 is 0 Å². The van der Waals surface area contributed by atoms with E-state index in [0.29, 0.717) is 30.8 Å². The van der Waals surface area contributed by atoms with Crippen molar-refractivity contribution < 1.29 is 19.1 Å². The molecular weight excluding hydrogens is 404 g/mol. The molecule has 0 radical (unpaired) electrons. The molecule has 2 aromatic carbocycles. The zero-order chi connectivity index (χ0) is 21.8. The molecule has 0 aliphatic heterocycles. The van der Waals surface area contributed by atoms with Crippen molar-refractivity contribution >= 4 is 29.4 Å². The van der Waals surface area contributed by atoms with Crippen LogP contribution < -0.4 is 10.6 Å². The maximum atomic E-state index is 12.2. The highest BCUT2D eigenvalue weighted by Crippen LogP contribution is 2.09. The minimum Gasteiger partial charge on any atom is -0.467 e. The molecule has 0 heterocycles. The summed E-state index contributed by atoms with van der Waals surface area (Å²) in [5.74, 6) is -0.881. The third kappa shape index (κ3) is 8.66. The fourth-order valence-corrected chi connectivity index (χ4v) is 3.07. The maximum Gasteiger partial charge on any atom is 0.328 e. The fraction of sp³-hybridized carbons (Fsp3) is 0.348. The van der Waals surface area contributed by atoms with Crippen LogP contribution in [-0.2, 0) is 32.0 Å². The normalized spacial score (nSPS) is 11.4. The summed E-state index contributed by atoms with van der Waals surface area (Å²) < 4.78 is 4.79. The van der Waals surface area contributed by atoms with Gasteiger partial charge in [-0.1, -0.05) is 54.1 Å². The summed E-state index contributed by atoms with van der Waals surface area (Å²) >= 11 is 5.85. The number of hydrogen-bond acceptors (Lipinski definition) is 4. The fourth-order valence-electron chi connectivity index (χ4n) is 2.95. The SMILES string of the molecule is COC(=O)[C@@H](Cc1ccccc1)NC(=O)CCCC(=O)NCCc1ccc(Cl)cc1. The minimum absolute atomic E-state index is 0.106. The molecule has 0 saturated heterocycles. The Morgan fingerprint density at radius 3 is 2.27 bits per heavy atom. The predicted molar refractivity (Wildman–Crippen MR) is 116 cm³/mol. The quantitative estimate of drug-likeness (QED) is 0.536. The van der Waals surface area contributed by atoms with Crippen LogP contribution in [-0.4, -0.2) is 37.5 Å². The third-order valence-electron chi connectivity index (χ3n) is 4.56. The van der Waals surface area contributed by atoms with Gasteiger partial charge in [0.25, 0.3) is 0 Å². The lowest BCUT2D eigenvalue weighted by Crippen LogP contribution is -2.43. The van der Waals surface area contributed by atoms with Crippen LogP contribution >= 0.6 is 11.6 Å². The number of amides is 2. The Hall–Kier alpha value is -2.86. The number of carbonyl (C=O) groups excluding carboxylic acids is 3. The smallest absolute Gasteiger partial charge is 0.328 e. The highest BCUT2D eigenvalue weighted by molar-refractivity contribution is 6.30. The number of nitrogens with one attached hydrogen (secondary N) is 2. The van der Waals surface area contributed by atoms with Gasteiger partial charge in [0.1, 0.15) is 6.04 Å². The van der Waals surface area contributed by atoms with Gasteiger partial charge in [-0.05, 0) is 36.1 Å². The molecule has 30 heavy (non-hydrogen) atoms. The van der Waals surface area contributed by atoms with Crippen molar-refractivity contribution in [3.8, 4) is 0 Å². The molecule has 0 spiro atoms. The lowest BCUT2D eigenvalue weighted by atomic mass is 10.1. The molecule has 0 fully saturated rings. The van der Waals surface area contributed by atoms with Gasteiger partial charge in [0.15, 0.2) is 0 Å². The average Bonchev–Trinajstić information content (AvgIpc) is 2.75. The van der Waals surface area contributed by atoms with E-state index in [-0.39, 0.29) is 24.7 Å². The lowest BCUT2D eigenvalue weighted by molar-refractivity contribution is -0.145. The van der Waals surface area contributed by atoms with E-state index in [0.717, 1.165) is 11.1 Å². The highest BCUT2D eigenvalue weighted by atomic mass is 35.5. The van der Waals surface area contributed by atoms with Crippen molar-refractivity contribution in [2.75, 3.05) is 13.7 Å². The lowest BCUT2D eigenvalue weighted by Gasteiger charge is -2.16. The molecule has 0 aromatic heterocycles. The molecule has 160 valence electrons. The number of rotatable bonds is 11. The van der Waals surface area contributed by atoms with Gasteiger partial charge in [0.2, 0.25) is 11.8 Å². The van der Waals surface area contributed by atoms with Crippen molar-refractivity contribution in [1.29, 1.82) is 0 Å². The van der Waals surface area contributed by atoms with Gasteiger partial charge in [0.05, 0.1) is 7.11 Å². The standard InChI is InChI=1S/C23H27ClN2O4/c1-30-23(29)20(16-18-6-3-2-4-7-18)26-22(28)9-5-8-21(27)25-15-14-17-10-12-19(24)13-11-17/h2-4,6-7,10-13,20H,5,8-9,14-16H2,1H3,(H,25,27)(H,26,28)/t20-/m1/s1. The van der Waals surface area contributed by atoms with Gasteiger partial charge in [-0.3, -0.25) is 9.59 Å². The molecule has 7 heteroatoms. The van der Waals surface area contributed by atoms with Crippen LogP contribution in [0.4, 0.5) is 0 Å². The maximum absolute atomic E-state index is 12.2. The Morgan fingerprint density at radius 1 is 0.933 bits per heavy atom. The molecule has 0 aliphatic carbocycles. The summed E-state index contributed by atoms with van der Waals surface area (Å²) in [6.07, 6.45) is 1.87. The van der Waals surface area contributed by atoms with Gasteiger partial charge in [-0.25, -0.2) is 4.79 Å². The van der Waals surface area contributed by atoms with Crippen LogP contribution in [0.15, 0.2) is 54.6 Å². The first-order chi connectivity index (χ1) is 14.5. The second-order valence-electron chi connectivity index (χ2n) is 6.91. The molecule has 1 atom stereocenters. The van der Waals surface area contributed by atoms with E-state index in [4.69, 9.17) is 16.3 Å². The predicted octanol–water partition coefficient (Wildman–Crippen LogP) is 3.07. The van der Waals surface area contributed by atoms with Crippen LogP contribution in [0, 0.1) is 0 Å². The van der Waals surface area contributed by atoms with Crippen LogP contribution in [0.25, 0.3) is 0 Å². The molecule has 0 bridgehead atoms. The van der Waals surface area contributed by atoms with Crippen molar-refractivity contribution in [3.05, 3.63) is 70.7 Å². The molecule has 6 nitrogen and oxygen atoms in total. The van der Waals surface area contributed by atoms with Crippen molar-refractivity contribution in [2.24, 2.45) is 0 Å². The topological polar surface area (TPSA) is 84.5 Å². The number of esters is 1. The Labute approximate surface area is 182 Å². The van der Waals surface area contributed by atoms with E-state index in [1.165, 1.54) is 7.11 Å². The van der Waals surface area contributed by atoms with Gasteiger partial charge >= 0.3 is 5.97 Å². The van der Waals surface area contributed by atoms with E-state index in [1.807, 2.05) is 54.6 Å². The number of halogens is 1. The van der Waals surface area contributed by atoms with E-state index in [1.54, 1.807) is 0 Å². The third-order valence-corrected chi connectivity index (χ3v) is 4.81. The largest absolute Gasteiger partial charge is 0.467 e. The minimum atomic E-state index is -0.752.